The summed E-state index contributed by atoms with van der Waals surface area (Å²) in [5.41, 5.74) is 0. The maximum absolute atomic E-state index is 11.8. The fourth-order valence-electron chi connectivity index (χ4n) is 3.73. The molecule has 2 heterocycles. The van der Waals surface area contributed by atoms with Crippen LogP contribution in [0.3, 0.4) is 0 Å². The molecule has 0 aromatic carbocycles. The van der Waals surface area contributed by atoms with Crippen LogP contribution in [0.2, 0.25) is 0 Å². The zero-order chi connectivity index (χ0) is 14.4. The second kappa shape index (κ2) is 11.5. The van der Waals surface area contributed by atoms with E-state index >= 15 is 0 Å². The Balaban J connectivity index is 0.00000220. The van der Waals surface area contributed by atoms with Crippen molar-refractivity contribution in [2.75, 3.05) is 32.7 Å². The summed E-state index contributed by atoms with van der Waals surface area (Å²) in [6.45, 7) is 10.2. The SMILES string of the molecule is CC1CC(C)CN(CCCNC(=O)CC2CCCN2)C1.Cl.Cl. The normalized spacial score (nSPS) is 28.5. The van der Waals surface area contributed by atoms with Crippen molar-refractivity contribution in [2.24, 2.45) is 11.8 Å². The number of nitrogens with zero attached hydrogens (tertiary/aromatic N) is 1. The third-order valence-corrected chi connectivity index (χ3v) is 4.51. The number of rotatable bonds is 6. The van der Waals surface area contributed by atoms with Crippen LogP contribution in [0.5, 0.6) is 0 Å². The molecule has 2 rings (SSSR count). The van der Waals surface area contributed by atoms with Crippen LogP contribution in [-0.2, 0) is 4.79 Å². The van der Waals surface area contributed by atoms with E-state index in [-0.39, 0.29) is 30.7 Å². The number of hydrogen-bond donors (Lipinski definition) is 2. The van der Waals surface area contributed by atoms with Gasteiger partial charge in [-0.2, -0.15) is 0 Å². The second-order valence-electron chi connectivity index (χ2n) is 6.91. The predicted molar refractivity (Wildman–Crippen MR) is 97.1 cm³/mol. The average Bonchev–Trinajstić information content (AvgIpc) is 2.86. The molecule has 2 N–H and O–H groups in total. The Morgan fingerprint density at radius 1 is 1.23 bits per heavy atom. The van der Waals surface area contributed by atoms with Crippen molar-refractivity contribution in [2.45, 2.75) is 52.0 Å². The maximum Gasteiger partial charge on any atom is 0.221 e. The van der Waals surface area contributed by atoms with E-state index in [0.29, 0.717) is 12.5 Å². The lowest BCUT2D eigenvalue weighted by atomic mass is 9.92. The molecule has 3 unspecified atom stereocenters. The van der Waals surface area contributed by atoms with Crippen molar-refractivity contribution in [1.29, 1.82) is 0 Å². The first kappa shape index (κ1) is 22.0. The van der Waals surface area contributed by atoms with Gasteiger partial charge in [0, 0.05) is 32.1 Å². The minimum atomic E-state index is 0. The molecule has 0 aromatic rings. The van der Waals surface area contributed by atoms with E-state index in [0.717, 1.165) is 44.3 Å². The monoisotopic (exact) mass is 353 g/mol. The summed E-state index contributed by atoms with van der Waals surface area (Å²) in [7, 11) is 0. The van der Waals surface area contributed by atoms with Gasteiger partial charge in [-0.1, -0.05) is 13.8 Å². The van der Waals surface area contributed by atoms with Crippen molar-refractivity contribution in [1.82, 2.24) is 15.5 Å². The standard InChI is InChI=1S/C16H31N3O.2ClH/c1-13-9-14(2)12-19(11-13)8-4-7-18-16(20)10-15-5-3-6-17-15;;/h13-15,17H,3-12H2,1-2H3,(H,18,20);2*1H. The number of nitrogens with one attached hydrogen (secondary N) is 2. The molecule has 0 radical (unpaired) electrons. The number of halogens is 2. The first-order chi connectivity index (χ1) is 9.63. The lowest BCUT2D eigenvalue weighted by Gasteiger charge is -2.34. The Hall–Kier alpha value is -0.0300. The van der Waals surface area contributed by atoms with Gasteiger partial charge in [-0.15, -0.1) is 24.8 Å². The Bertz CT molecular complexity index is 302. The van der Waals surface area contributed by atoms with Gasteiger partial charge in [0.15, 0.2) is 0 Å². The number of piperidine rings is 1. The molecule has 2 fully saturated rings. The molecule has 2 saturated heterocycles. The van der Waals surface area contributed by atoms with Crippen molar-refractivity contribution >= 4 is 30.7 Å². The fourth-order valence-corrected chi connectivity index (χ4v) is 3.73. The van der Waals surface area contributed by atoms with Crippen LogP contribution in [0.15, 0.2) is 0 Å². The number of hydrogen-bond acceptors (Lipinski definition) is 3. The molecule has 2 aliphatic rings. The van der Waals surface area contributed by atoms with Crippen LogP contribution in [0.1, 0.15) is 46.0 Å². The van der Waals surface area contributed by atoms with Gasteiger partial charge >= 0.3 is 0 Å². The smallest absolute Gasteiger partial charge is 0.221 e. The van der Waals surface area contributed by atoms with Gasteiger partial charge in [0.1, 0.15) is 0 Å². The van der Waals surface area contributed by atoms with Gasteiger partial charge in [0.05, 0.1) is 0 Å². The quantitative estimate of drug-likeness (QED) is 0.721. The lowest BCUT2D eigenvalue weighted by molar-refractivity contribution is -0.121. The van der Waals surface area contributed by atoms with Gasteiger partial charge in [0.25, 0.3) is 0 Å². The summed E-state index contributed by atoms with van der Waals surface area (Å²) in [4.78, 5) is 14.3. The largest absolute Gasteiger partial charge is 0.356 e. The van der Waals surface area contributed by atoms with E-state index < -0.39 is 0 Å². The summed E-state index contributed by atoms with van der Waals surface area (Å²) in [5, 5.41) is 6.44. The Morgan fingerprint density at radius 3 is 2.50 bits per heavy atom. The van der Waals surface area contributed by atoms with Crippen LogP contribution in [0, 0.1) is 11.8 Å². The molecule has 4 nitrogen and oxygen atoms in total. The Kier molecular flexibility index (Phi) is 11.5. The highest BCUT2D eigenvalue weighted by Crippen LogP contribution is 2.20. The van der Waals surface area contributed by atoms with Gasteiger partial charge in [-0.25, -0.2) is 0 Å². The molecule has 3 atom stereocenters. The van der Waals surface area contributed by atoms with E-state index in [2.05, 4.69) is 29.4 Å². The minimum Gasteiger partial charge on any atom is -0.356 e. The highest BCUT2D eigenvalue weighted by Gasteiger charge is 2.21. The third-order valence-electron chi connectivity index (χ3n) is 4.51. The van der Waals surface area contributed by atoms with Crippen molar-refractivity contribution in [3.8, 4) is 0 Å². The number of likely N-dealkylation sites (tertiary alicyclic amines) is 1. The van der Waals surface area contributed by atoms with E-state index in [1.807, 2.05) is 0 Å². The van der Waals surface area contributed by atoms with Crippen LogP contribution < -0.4 is 10.6 Å². The van der Waals surface area contributed by atoms with E-state index in [9.17, 15) is 4.79 Å². The van der Waals surface area contributed by atoms with Crippen LogP contribution >= 0.6 is 24.8 Å². The van der Waals surface area contributed by atoms with Gasteiger partial charge < -0.3 is 15.5 Å². The zero-order valence-corrected chi connectivity index (χ0v) is 15.6. The van der Waals surface area contributed by atoms with E-state index in [4.69, 9.17) is 0 Å². The molecule has 22 heavy (non-hydrogen) atoms. The molecule has 2 aliphatic heterocycles. The highest BCUT2D eigenvalue weighted by molar-refractivity contribution is 5.85. The number of amides is 1. The van der Waals surface area contributed by atoms with E-state index in [1.54, 1.807) is 0 Å². The Morgan fingerprint density at radius 2 is 1.91 bits per heavy atom. The highest BCUT2D eigenvalue weighted by atomic mass is 35.5. The predicted octanol–water partition coefficient (Wildman–Crippen LogP) is 2.46. The number of carbonyl (C=O) groups excluding carboxylic acids is 1. The molecule has 0 aliphatic carbocycles. The maximum atomic E-state index is 11.8. The van der Waals surface area contributed by atoms with E-state index in [1.165, 1.54) is 25.9 Å². The van der Waals surface area contributed by atoms with Crippen LogP contribution in [0.4, 0.5) is 0 Å². The summed E-state index contributed by atoms with van der Waals surface area (Å²) < 4.78 is 0. The lowest BCUT2D eigenvalue weighted by Crippen LogP contribution is -2.40. The Labute approximate surface area is 148 Å². The molecule has 1 amide bonds. The summed E-state index contributed by atoms with van der Waals surface area (Å²) in [5.74, 6) is 1.85. The van der Waals surface area contributed by atoms with Crippen molar-refractivity contribution < 1.29 is 4.79 Å². The molecular weight excluding hydrogens is 321 g/mol. The molecule has 132 valence electrons. The number of carbonyl (C=O) groups is 1. The fraction of sp³-hybridized carbons (Fsp3) is 0.938. The van der Waals surface area contributed by atoms with Crippen LogP contribution in [0.25, 0.3) is 0 Å². The third kappa shape index (κ3) is 8.00. The summed E-state index contributed by atoms with van der Waals surface area (Å²) >= 11 is 0. The zero-order valence-electron chi connectivity index (χ0n) is 14.0. The average molecular weight is 354 g/mol. The molecule has 0 bridgehead atoms. The molecular formula is C16H33Cl2N3O. The minimum absolute atomic E-state index is 0. The van der Waals surface area contributed by atoms with Gasteiger partial charge in [0.2, 0.25) is 5.91 Å². The van der Waals surface area contributed by atoms with Crippen LogP contribution in [-0.4, -0.2) is 49.6 Å². The topological polar surface area (TPSA) is 44.4 Å². The van der Waals surface area contributed by atoms with Crippen molar-refractivity contribution in [3.63, 3.8) is 0 Å². The summed E-state index contributed by atoms with van der Waals surface area (Å²) in [6.07, 6.45) is 5.45. The summed E-state index contributed by atoms with van der Waals surface area (Å²) in [6, 6.07) is 0.416. The van der Waals surface area contributed by atoms with Gasteiger partial charge in [-0.3, -0.25) is 4.79 Å². The molecule has 0 spiro atoms. The second-order valence-corrected chi connectivity index (χ2v) is 6.91. The first-order valence-corrected chi connectivity index (χ1v) is 8.36. The molecule has 6 heteroatoms. The molecule has 0 aromatic heterocycles. The molecule has 0 saturated carbocycles. The van der Waals surface area contributed by atoms with Crippen molar-refractivity contribution in [3.05, 3.63) is 0 Å². The van der Waals surface area contributed by atoms with Gasteiger partial charge in [-0.05, 0) is 50.6 Å². The first-order valence-electron chi connectivity index (χ1n) is 8.36.